The van der Waals surface area contributed by atoms with E-state index in [0.29, 0.717) is 10.0 Å². The smallest absolute Gasteiger partial charge is 0.0937 e. The third-order valence-corrected chi connectivity index (χ3v) is 5.09. The van der Waals surface area contributed by atoms with Crippen LogP contribution in [0.1, 0.15) is 45.6 Å². The van der Waals surface area contributed by atoms with Crippen LogP contribution < -0.4 is 0 Å². The Bertz CT molecular complexity index is 456. The van der Waals surface area contributed by atoms with Gasteiger partial charge in [-0.1, -0.05) is 56.1 Å². The van der Waals surface area contributed by atoms with Crippen molar-refractivity contribution in [2.75, 3.05) is 0 Å². The summed E-state index contributed by atoms with van der Waals surface area (Å²) in [5.41, 5.74) is 0.216. The number of halogens is 2. The van der Waals surface area contributed by atoms with E-state index in [9.17, 15) is 5.11 Å². The molecule has 100 valence electrons. The summed E-state index contributed by atoms with van der Waals surface area (Å²) in [6.07, 6.45) is 2.73. The molecular formula is C15H20Cl2O. The molecule has 1 nitrogen and oxygen atoms in total. The first-order chi connectivity index (χ1) is 8.26. The molecule has 18 heavy (non-hydrogen) atoms. The van der Waals surface area contributed by atoms with Gasteiger partial charge in [0.25, 0.3) is 0 Å². The van der Waals surface area contributed by atoms with Gasteiger partial charge in [0.2, 0.25) is 0 Å². The van der Waals surface area contributed by atoms with Crippen LogP contribution in [-0.2, 0) is 5.60 Å². The zero-order valence-corrected chi connectivity index (χ0v) is 12.6. The van der Waals surface area contributed by atoms with Crippen molar-refractivity contribution >= 4 is 23.2 Å². The molecule has 1 aromatic carbocycles. The Kier molecular flexibility index (Phi) is 3.70. The van der Waals surface area contributed by atoms with Crippen LogP contribution in [0.15, 0.2) is 18.2 Å². The topological polar surface area (TPSA) is 20.2 Å². The van der Waals surface area contributed by atoms with Crippen LogP contribution in [-0.4, -0.2) is 5.11 Å². The summed E-state index contributed by atoms with van der Waals surface area (Å²) in [6, 6.07) is 5.51. The van der Waals surface area contributed by atoms with Crippen molar-refractivity contribution in [2.45, 2.75) is 45.6 Å². The van der Waals surface area contributed by atoms with Crippen LogP contribution in [0, 0.1) is 11.3 Å². The van der Waals surface area contributed by atoms with Crippen molar-refractivity contribution in [1.82, 2.24) is 0 Å². The van der Waals surface area contributed by atoms with Crippen molar-refractivity contribution in [3.8, 4) is 0 Å². The lowest BCUT2D eigenvalue weighted by Crippen LogP contribution is -2.41. The lowest BCUT2D eigenvalue weighted by molar-refractivity contribution is -0.0768. The molecule has 3 heteroatoms. The van der Waals surface area contributed by atoms with Gasteiger partial charge in [-0.3, -0.25) is 0 Å². The minimum atomic E-state index is -0.850. The summed E-state index contributed by atoms with van der Waals surface area (Å²) in [5.74, 6) is 0.178. The first kappa shape index (κ1) is 14.2. The molecule has 2 unspecified atom stereocenters. The fraction of sp³-hybridized carbons (Fsp3) is 0.600. The average Bonchev–Trinajstić information content (AvgIpc) is 2.28. The molecule has 0 spiro atoms. The Morgan fingerprint density at radius 3 is 2.50 bits per heavy atom. The molecule has 0 saturated heterocycles. The predicted octanol–water partition coefficient (Wildman–Crippen LogP) is 5.03. The Labute approximate surface area is 119 Å². The molecule has 1 fully saturated rings. The number of hydrogen-bond acceptors (Lipinski definition) is 1. The first-order valence-electron chi connectivity index (χ1n) is 6.43. The molecule has 2 atom stereocenters. The second-order valence-corrected chi connectivity index (χ2v) is 7.08. The second kappa shape index (κ2) is 4.70. The summed E-state index contributed by atoms with van der Waals surface area (Å²) >= 11 is 12.3. The van der Waals surface area contributed by atoms with Gasteiger partial charge in [0.15, 0.2) is 0 Å². The Hall–Kier alpha value is -0.240. The standard InChI is InChI=1S/C15H20Cl2O/c1-10-9-14(2,3)7-8-15(10,18)11-5-4-6-12(16)13(11)17/h4-6,10,18H,7-9H2,1-3H3. The van der Waals surface area contributed by atoms with Crippen LogP contribution in [0.4, 0.5) is 0 Å². The molecule has 0 heterocycles. The van der Waals surface area contributed by atoms with E-state index in [-0.39, 0.29) is 11.3 Å². The Morgan fingerprint density at radius 1 is 1.22 bits per heavy atom. The van der Waals surface area contributed by atoms with E-state index >= 15 is 0 Å². The lowest BCUT2D eigenvalue weighted by Gasteiger charge is -2.45. The largest absolute Gasteiger partial charge is 0.385 e. The van der Waals surface area contributed by atoms with Gasteiger partial charge in [-0.05, 0) is 36.7 Å². The first-order valence-corrected chi connectivity index (χ1v) is 7.19. The van der Waals surface area contributed by atoms with Crippen molar-refractivity contribution in [3.05, 3.63) is 33.8 Å². The summed E-state index contributed by atoms with van der Waals surface area (Å²) in [6.45, 7) is 6.60. The van der Waals surface area contributed by atoms with E-state index in [0.717, 1.165) is 24.8 Å². The predicted molar refractivity (Wildman–Crippen MR) is 77.2 cm³/mol. The maximum atomic E-state index is 11.0. The summed E-state index contributed by atoms with van der Waals surface area (Å²) in [7, 11) is 0. The van der Waals surface area contributed by atoms with Crippen molar-refractivity contribution in [3.63, 3.8) is 0 Å². The molecule has 1 saturated carbocycles. The van der Waals surface area contributed by atoms with E-state index < -0.39 is 5.60 Å². The van der Waals surface area contributed by atoms with E-state index in [4.69, 9.17) is 23.2 Å². The van der Waals surface area contributed by atoms with E-state index in [1.807, 2.05) is 12.1 Å². The van der Waals surface area contributed by atoms with Crippen LogP contribution in [0.5, 0.6) is 0 Å². The number of benzene rings is 1. The van der Waals surface area contributed by atoms with Crippen LogP contribution in [0.2, 0.25) is 10.0 Å². The van der Waals surface area contributed by atoms with Gasteiger partial charge < -0.3 is 5.11 Å². The number of rotatable bonds is 1. The van der Waals surface area contributed by atoms with Crippen molar-refractivity contribution in [1.29, 1.82) is 0 Å². The highest BCUT2D eigenvalue weighted by molar-refractivity contribution is 6.42. The normalized spacial score (nSPS) is 31.3. The van der Waals surface area contributed by atoms with E-state index in [1.165, 1.54) is 0 Å². The molecule has 2 rings (SSSR count). The highest BCUT2D eigenvalue weighted by Gasteiger charge is 2.44. The Balaban J connectivity index is 2.40. The van der Waals surface area contributed by atoms with Crippen LogP contribution in [0.25, 0.3) is 0 Å². The van der Waals surface area contributed by atoms with E-state index in [2.05, 4.69) is 20.8 Å². The molecule has 1 aliphatic rings. The fourth-order valence-corrected chi connectivity index (χ4v) is 3.58. The molecule has 1 aliphatic carbocycles. The number of aliphatic hydroxyl groups is 1. The van der Waals surface area contributed by atoms with Crippen LogP contribution >= 0.6 is 23.2 Å². The van der Waals surface area contributed by atoms with Gasteiger partial charge in [-0.25, -0.2) is 0 Å². The average molecular weight is 287 g/mol. The van der Waals surface area contributed by atoms with Crippen molar-refractivity contribution < 1.29 is 5.11 Å². The van der Waals surface area contributed by atoms with Crippen LogP contribution in [0.3, 0.4) is 0 Å². The molecule has 0 radical (unpaired) electrons. The van der Waals surface area contributed by atoms with Gasteiger partial charge in [-0.2, -0.15) is 0 Å². The molecule has 0 aromatic heterocycles. The highest BCUT2D eigenvalue weighted by Crippen LogP contribution is 2.50. The Morgan fingerprint density at radius 2 is 1.89 bits per heavy atom. The van der Waals surface area contributed by atoms with E-state index in [1.54, 1.807) is 6.07 Å². The summed E-state index contributed by atoms with van der Waals surface area (Å²) < 4.78 is 0. The van der Waals surface area contributed by atoms with Gasteiger partial charge in [-0.15, -0.1) is 0 Å². The molecule has 0 bridgehead atoms. The van der Waals surface area contributed by atoms with Gasteiger partial charge >= 0.3 is 0 Å². The molecule has 0 amide bonds. The molecular weight excluding hydrogens is 267 g/mol. The zero-order chi connectivity index (χ0) is 13.6. The highest BCUT2D eigenvalue weighted by atomic mass is 35.5. The molecule has 1 N–H and O–H groups in total. The second-order valence-electron chi connectivity index (χ2n) is 6.30. The van der Waals surface area contributed by atoms with Crippen molar-refractivity contribution in [2.24, 2.45) is 11.3 Å². The quantitative estimate of drug-likeness (QED) is 0.768. The maximum Gasteiger partial charge on any atom is 0.0937 e. The summed E-state index contributed by atoms with van der Waals surface area (Å²) in [4.78, 5) is 0. The molecule has 1 aromatic rings. The third kappa shape index (κ3) is 2.41. The molecule has 0 aliphatic heterocycles. The van der Waals surface area contributed by atoms with Gasteiger partial charge in [0.1, 0.15) is 0 Å². The fourth-order valence-electron chi connectivity index (χ4n) is 3.11. The third-order valence-electron chi connectivity index (χ3n) is 4.27. The summed E-state index contributed by atoms with van der Waals surface area (Å²) in [5, 5.41) is 12.0. The number of hydrogen-bond donors (Lipinski definition) is 1. The van der Waals surface area contributed by atoms with Gasteiger partial charge in [0.05, 0.1) is 15.6 Å². The monoisotopic (exact) mass is 286 g/mol. The zero-order valence-electron chi connectivity index (χ0n) is 11.1. The minimum Gasteiger partial charge on any atom is -0.385 e. The maximum absolute atomic E-state index is 11.0. The lowest BCUT2D eigenvalue weighted by atomic mass is 9.63. The SMILES string of the molecule is CC1CC(C)(C)CCC1(O)c1cccc(Cl)c1Cl. The van der Waals surface area contributed by atoms with Gasteiger partial charge in [0, 0.05) is 5.56 Å². The minimum absolute atomic E-state index is 0.178.